The molecule has 7 nitrogen and oxygen atoms in total. The SMILES string of the molecule is Cc1c(C)n(-c2nc3ccccc3s2)c2ncn3nc(-c4cccnc4)nc3c12. The fourth-order valence-corrected chi connectivity index (χ4v) is 4.69. The van der Waals surface area contributed by atoms with Crippen LogP contribution >= 0.6 is 11.3 Å². The van der Waals surface area contributed by atoms with E-state index in [0.717, 1.165) is 48.8 Å². The third-order valence-corrected chi connectivity index (χ3v) is 6.25. The zero-order valence-corrected chi connectivity index (χ0v) is 16.6. The predicted octanol–water partition coefficient (Wildman–Crippen LogP) is 4.36. The molecule has 0 spiro atoms. The van der Waals surface area contributed by atoms with Gasteiger partial charge in [0.1, 0.15) is 6.33 Å². The highest BCUT2D eigenvalue weighted by molar-refractivity contribution is 7.20. The predicted molar refractivity (Wildman–Crippen MR) is 113 cm³/mol. The minimum atomic E-state index is 0.636. The van der Waals surface area contributed by atoms with Gasteiger partial charge in [-0.1, -0.05) is 23.5 Å². The quantitative estimate of drug-likeness (QED) is 0.434. The van der Waals surface area contributed by atoms with Crippen LogP contribution in [0.1, 0.15) is 11.3 Å². The molecule has 0 saturated carbocycles. The lowest BCUT2D eigenvalue weighted by Gasteiger charge is -2.02. The summed E-state index contributed by atoms with van der Waals surface area (Å²) in [6.45, 7) is 4.19. The van der Waals surface area contributed by atoms with E-state index in [-0.39, 0.29) is 0 Å². The molecule has 0 fully saturated rings. The van der Waals surface area contributed by atoms with Crippen LogP contribution in [0.4, 0.5) is 0 Å². The van der Waals surface area contributed by atoms with Gasteiger partial charge in [0.15, 0.2) is 22.3 Å². The first-order valence-corrected chi connectivity index (χ1v) is 10.0. The van der Waals surface area contributed by atoms with Crippen molar-refractivity contribution in [3.05, 3.63) is 66.4 Å². The highest BCUT2D eigenvalue weighted by atomic mass is 32.1. The Balaban J connectivity index is 1.64. The third-order valence-electron chi connectivity index (χ3n) is 5.23. The maximum atomic E-state index is 4.83. The Kier molecular flexibility index (Phi) is 3.33. The molecule has 6 aromatic rings. The van der Waals surface area contributed by atoms with E-state index in [1.165, 1.54) is 0 Å². The molecule has 5 heterocycles. The number of rotatable bonds is 2. The number of hydrogen-bond acceptors (Lipinski definition) is 6. The molecule has 0 N–H and O–H groups in total. The van der Waals surface area contributed by atoms with Gasteiger partial charge in [0.05, 0.1) is 15.6 Å². The number of fused-ring (bicyclic) bond motifs is 4. The van der Waals surface area contributed by atoms with Gasteiger partial charge in [-0.25, -0.2) is 19.5 Å². The fraction of sp³-hybridized carbons (Fsp3) is 0.0952. The van der Waals surface area contributed by atoms with Gasteiger partial charge in [-0.3, -0.25) is 9.55 Å². The molecule has 8 heteroatoms. The Bertz CT molecular complexity index is 1490. The first-order valence-electron chi connectivity index (χ1n) is 9.20. The molecule has 6 rings (SSSR count). The van der Waals surface area contributed by atoms with Crippen molar-refractivity contribution in [1.82, 2.24) is 34.1 Å². The molecule has 140 valence electrons. The number of aryl methyl sites for hydroxylation is 1. The van der Waals surface area contributed by atoms with E-state index in [1.54, 1.807) is 34.6 Å². The van der Waals surface area contributed by atoms with Gasteiger partial charge in [0.25, 0.3) is 0 Å². The standard InChI is InChI=1S/C21H15N7S/c1-12-13(2)28(21-24-15-7-3-4-8-16(15)29-21)19-17(12)20-25-18(26-27(20)11-23-19)14-6-5-9-22-10-14/h3-11H,1-2H3. The molecule has 0 bridgehead atoms. The van der Waals surface area contributed by atoms with Crippen molar-refractivity contribution in [3.8, 4) is 16.5 Å². The molecule has 0 aliphatic heterocycles. The number of hydrogen-bond donors (Lipinski definition) is 0. The third kappa shape index (κ3) is 2.32. The summed E-state index contributed by atoms with van der Waals surface area (Å²) in [4.78, 5) is 18.5. The lowest BCUT2D eigenvalue weighted by Crippen LogP contribution is -1.98. The Labute approximate surface area is 169 Å². The van der Waals surface area contributed by atoms with Gasteiger partial charge in [-0.05, 0) is 43.7 Å². The van der Waals surface area contributed by atoms with Crippen molar-refractivity contribution in [2.75, 3.05) is 0 Å². The van der Waals surface area contributed by atoms with Crippen molar-refractivity contribution in [3.63, 3.8) is 0 Å². The molecule has 0 aliphatic rings. The molecule has 0 aliphatic carbocycles. The van der Waals surface area contributed by atoms with Gasteiger partial charge in [0, 0.05) is 23.7 Å². The summed E-state index contributed by atoms with van der Waals surface area (Å²) in [6.07, 6.45) is 5.22. The van der Waals surface area contributed by atoms with Crippen LogP contribution in [-0.2, 0) is 0 Å². The molecule has 29 heavy (non-hydrogen) atoms. The molecule has 0 saturated heterocycles. The highest BCUT2D eigenvalue weighted by Crippen LogP contribution is 2.33. The molecule has 0 atom stereocenters. The molecule has 0 unspecified atom stereocenters. The smallest absolute Gasteiger partial charge is 0.196 e. The topological polar surface area (TPSA) is 73.8 Å². The maximum Gasteiger partial charge on any atom is 0.196 e. The highest BCUT2D eigenvalue weighted by Gasteiger charge is 2.21. The van der Waals surface area contributed by atoms with Crippen LogP contribution in [0.2, 0.25) is 0 Å². The van der Waals surface area contributed by atoms with Crippen molar-refractivity contribution in [2.45, 2.75) is 13.8 Å². The first kappa shape index (κ1) is 16.3. The summed E-state index contributed by atoms with van der Waals surface area (Å²) in [6, 6.07) is 12.0. The van der Waals surface area contributed by atoms with E-state index in [9.17, 15) is 0 Å². The van der Waals surface area contributed by atoms with E-state index in [2.05, 4.69) is 34.6 Å². The second-order valence-corrected chi connectivity index (χ2v) is 7.91. The van der Waals surface area contributed by atoms with Gasteiger partial charge < -0.3 is 0 Å². The van der Waals surface area contributed by atoms with E-state index in [0.29, 0.717) is 5.82 Å². The average molecular weight is 397 g/mol. The number of aromatic nitrogens is 7. The first-order chi connectivity index (χ1) is 14.2. The van der Waals surface area contributed by atoms with Gasteiger partial charge in [0.2, 0.25) is 0 Å². The van der Waals surface area contributed by atoms with Crippen LogP contribution in [0, 0.1) is 13.8 Å². The van der Waals surface area contributed by atoms with Crippen molar-refractivity contribution >= 4 is 38.2 Å². The van der Waals surface area contributed by atoms with Crippen molar-refractivity contribution in [1.29, 1.82) is 0 Å². The number of benzene rings is 1. The number of thiazole rings is 1. The van der Waals surface area contributed by atoms with E-state index < -0.39 is 0 Å². The van der Waals surface area contributed by atoms with Crippen LogP contribution < -0.4 is 0 Å². The van der Waals surface area contributed by atoms with E-state index >= 15 is 0 Å². The van der Waals surface area contributed by atoms with E-state index in [4.69, 9.17) is 15.0 Å². The average Bonchev–Trinajstić information content (AvgIpc) is 3.43. The lowest BCUT2D eigenvalue weighted by atomic mass is 10.2. The second-order valence-electron chi connectivity index (χ2n) is 6.90. The normalized spacial score (nSPS) is 11.8. The fourth-order valence-electron chi connectivity index (χ4n) is 3.67. The van der Waals surface area contributed by atoms with Crippen molar-refractivity contribution in [2.24, 2.45) is 0 Å². The largest absolute Gasteiger partial charge is 0.273 e. The van der Waals surface area contributed by atoms with Gasteiger partial charge in [-0.15, -0.1) is 5.10 Å². The summed E-state index contributed by atoms with van der Waals surface area (Å²) < 4.78 is 5.01. The molecule has 0 amide bonds. The van der Waals surface area contributed by atoms with Crippen molar-refractivity contribution < 1.29 is 0 Å². The second kappa shape index (κ2) is 5.92. The molecular weight excluding hydrogens is 382 g/mol. The lowest BCUT2D eigenvalue weighted by molar-refractivity contribution is 0.925. The molecule has 0 radical (unpaired) electrons. The summed E-state index contributed by atoms with van der Waals surface area (Å²) >= 11 is 1.66. The van der Waals surface area contributed by atoms with Gasteiger partial charge in [-0.2, -0.15) is 0 Å². The number of nitrogens with zero attached hydrogens (tertiary/aromatic N) is 7. The Morgan fingerprint density at radius 3 is 2.69 bits per heavy atom. The zero-order chi connectivity index (χ0) is 19.5. The number of pyridine rings is 1. The van der Waals surface area contributed by atoms with Crippen LogP contribution in [0.15, 0.2) is 55.1 Å². The molecule has 5 aromatic heterocycles. The van der Waals surface area contributed by atoms with E-state index in [1.807, 2.05) is 30.3 Å². The monoisotopic (exact) mass is 397 g/mol. The minimum Gasteiger partial charge on any atom is -0.273 e. The maximum absolute atomic E-state index is 4.83. The Morgan fingerprint density at radius 2 is 1.86 bits per heavy atom. The Hall–Kier alpha value is -3.65. The molecular formula is C21H15N7S. The Morgan fingerprint density at radius 1 is 0.966 bits per heavy atom. The van der Waals surface area contributed by atoms with Crippen LogP contribution in [0.5, 0.6) is 0 Å². The van der Waals surface area contributed by atoms with Crippen LogP contribution in [-0.4, -0.2) is 34.1 Å². The van der Waals surface area contributed by atoms with Crippen LogP contribution in [0.3, 0.4) is 0 Å². The summed E-state index contributed by atoms with van der Waals surface area (Å²) in [5.74, 6) is 0.636. The summed E-state index contributed by atoms with van der Waals surface area (Å²) in [5, 5.41) is 6.50. The van der Waals surface area contributed by atoms with Gasteiger partial charge >= 0.3 is 0 Å². The summed E-state index contributed by atoms with van der Waals surface area (Å²) in [5.41, 5.74) is 5.73. The summed E-state index contributed by atoms with van der Waals surface area (Å²) in [7, 11) is 0. The number of para-hydroxylation sites is 1. The minimum absolute atomic E-state index is 0.636. The zero-order valence-electron chi connectivity index (χ0n) is 15.7. The van der Waals surface area contributed by atoms with Crippen LogP contribution in [0.25, 0.3) is 43.4 Å². The molecule has 1 aromatic carbocycles.